The van der Waals surface area contributed by atoms with Crippen LogP contribution in [0, 0.1) is 26.2 Å². The molecule has 0 saturated carbocycles. The third-order valence-electron chi connectivity index (χ3n) is 5.13. The molecular weight excluding hydrogens is 262 g/mol. The largest absolute Gasteiger partial charge is 0.481 e. The number of rotatable bonds is 4. The van der Waals surface area contributed by atoms with Crippen LogP contribution in [0.3, 0.4) is 0 Å². The summed E-state index contributed by atoms with van der Waals surface area (Å²) in [5.74, 6) is -0.633. The minimum atomic E-state index is -0.633. The summed E-state index contributed by atoms with van der Waals surface area (Å²) in [6, 6.07) is 4.49. The maximum atomic E-state index is 11.6. The lowest BCUT2D eigenvalue weighted by Crippen LogP contribution is -2.47. The Morgan fingerprint density at radius 2 is 1.90 bits per heavy atom. The Bertz CT molecular complexity index is 538. The molecular formula is C18H27NO2. The van der Waals surface area contributed by atoms with Crippen molar-refractivity contribution in [3.8, 4) is 0 Å². The summed E-state index contributed by atoms with van der Waals surface area (Å²) >= 11 is 0. The van der Waals surface area contributed by atoms with Gasteiger partial charge < -0.3 is 5.11 Å². The van der Waals surface area contributed by atoms with Gasteiger partial charge in [-0.1, -0.05) is 19.1 Å². The number of likely N-dealkylation sites (tertiary alicyclic amines) is 1. The summed E-state index contributed by atoms with van der Waals surface area (Å²) in [4.78, 5) is 14.0. The van der Waals surface area contributed by atoms with Crippen molar-refractivity contribution < 1.29 is 9.90 Å². The van der Waals surface area contributed by atoms with Gasteiger partial charge in [-0.25, -0.2) is 0 Å². The molecule has 1 N–H and O–H groups in total. The van der Waals surface area contributed by atoms with Crippen molar-refractivity contribution in [2.75, 3.05) is 13.1 Å². The average molecular weight is 289 g/mol. The van der Waals surface area contributed by atoms with E-state index < -0.39 is 11.4 Å². The number of carbonyl (C=O) groups is 1. The van der Waals surface area contributed by atoms with Crippen LogP contribution >= 0.6 is 0 Å². The second kappa shape index (κ2) is 6.18. The van der Waals surface area contributed by atoms with Gasteiger partial charge >= 0.3 is 5.97 Å². The Morgan fingerprint density at radius 1 is 1.24 bits per heavy atom. The van der Waals surface area contributed by atoms with Gasteiger partial charge in [0.25, 0.3) is 0 Å². The van der Waals surface area contributed by atoms with E-state index in [0.717, 1.165) is 25.9 Å². The van der Waals surface area contributed by atoms with Crippen molar-refractivity contribution in [2.45, 2.75) is 53.5 Å². The molecule has 3 nitrogen and oxygen atoms in total. The smallest absolute Gasteiger partial charge is 0.310 e. The van der Waals surface area contributed by atoms with Crippen LogP contribution < -0.4 is 0 Å². The summed E-state index contributed by atoms with van der Waals surface area (Å²) in [6.45, 7) is 11.0. The van der Waals surface area contributed by atoms with E-state index in [1.165, 1.54) is 22.3 Å². The normalized spacial score (nSPS) is 23.2. The summed E-state index contributed by atoms with van der Waals surface area (Å²) in [6.07, 6.45) is 2.50. The van der Waals surface area contributed by atoms with E-state index in [-0.39, 0.29) is 0 Å². The van der Waals surface area contributed by atoms with Crippen LogP contribution in [0.2, 0.25) is 0 Å². The van der Waals surface area contributed by atoms with Crippen molar-refractivity contribution in [1.29, 1.82) is 0 Å². The van der Waals surface area contributed by atoms with E-state index in [9.17, 15) is 9.90 Å². The van der Waals surface area contributed by atoms with E-state index in [1.807, 2.05) is 6.92 Å². The molecule has 1 heterocycles. The molecule has 0 aromatic heterocycles. The average Bonchev–Trinajstić information content (AvgIpc) is 2.44. The minimum absolute atomic E-state index is 0.550. The molecule has 1 unspecified atom stereocenters. The lowest BCUT2D eigenvalue weighted by molar-refractivity contribution is -0.153. The highest BCUT2D eigenvalue weighted by atomic mass is 16.4. The predicted molar refractivity (Wildman–Crippen MR) is 85.5 cm³/mol. The first kappa shape index (κ1) is 16.0. The van der Waals surface area contributed by atoms with E-state index in [4.69, 9.17) is 0 Å². The highest BCUT2D eigenvalue weighted by molar-refractivity contribution is 5.75. The molecule has 2 rings (SSSR count). The highest BCUT2D eigenvalue weighted by Crippen LogP contribution is 2.34. The van der Waals surface area contributed by atoms with Gasteiger partial charge in [-0.15, -0.1) is 0 Å². The van der Waals surface area contributed by atoms with E-state index in [1.54, 1.807) is 0 Å². The Balaban J connectivity index is 2.16. The topological polar surface area (TPSA) is 40.5 Å². The second-order valence-corrected chi connectivity index (χ2v) is 6.62. The molecule has 0 spiro atoms. The van der Waals surface area contributed by atoms with Gasteiger partial charge in [0.1, 0.15) is 0 Å². The number of hydrogen-bond donors (Lipinski definition) is 1. The van der Waals surface area contributed by atoms with Crippen LogP contribution in [0.15, 0.2) is 12.1 Å². The molecule has 3 heteroatoms. The summed E-state index contributed by atoms with van der Waals surface area (Å²) in [5.41, 5.74) is 4.72. The fraction of sp³-hybridized carbons (Fsp3) is 0.611. The predicted octanol–water partition coefficient (Wildman–Crippen LogP) is 3.69. The number of piperidine rings is 1. The lowest BCUT2D eigenvalue weighted by atomic mass is 9.77. The molecule has 1 aromatic carbocycles. The summed E-state index contributed by atoms with van der Waals surface area (Å²) in [5, 5.41) is 9.58. The Hall–Kier alpha value is -1.35. The maximum Gasteiger partial charge on any atom is 0.310 e. The second-order valence-electron chi connectivity index (χ2n) is 6.62. The van der Waals surface area contributed by atoms with Gasteiger partial charge in [0.15, 0.2) is 0 Å². The summed E-state index contributed by atoms with van der Waals surface area (Å²) < 4.78 is 0. The number of carboxylic acid groups (broad SMARTS) is 1. The molecule has 1 aliphatic heterocycles. The fourth-order valence-corrected chi connectivity index (χ4v) is 3.41. The molecule has 0 amide bonds. The van der Waals surface area contributed by atoms with Crippen LogP contribution in [0.25, 0.3) is 0 Å². The number of aryl methyl sites for hydroxylation is 3. The highest BCUT2D eigenvalue weighted by Gasteiger charge is 2.40. The van der Waals surface area contributed by atoms with Crippen LogP contribution in [0.5, 0.6) is 0 Å². The Labute approximate surface area is 128 Å². The van der Waals surface area contributed by atoms with Crippen LogP contribution in [-0.4, -0.2) is 29.1 Å². The fourth-order valence-electron chi connectivity index (χ4n) is 3.41. The first-order valence-corrected chi connectivity index (χ1v) is 7.90. The van der Waals surface area contributed by atoms with E-state index in [2.05, 4.69) is 37.8 Å². The number of hydrogen-bond acceptors (Lipinski definition) is 2. The zero-order valence-electron chi connectivity index (χ0n) is 13.7. The lowest BCUT2D eigenvalue weighted by Gasteiger charge is -2.39. The molecule has 0 aliphatic carbocycles. The third-order valence-corrected chi connectivity index (χ3v) is 5.13. The monoisotopic (exact) mass is 289 g/mol. The Kier molecular flexibility index (Phi) is 4.72. The SMILES string of the molecule is CCC1(C(=O)O)CCCN(Cc2cc(C)c(C)cc2C)C1. The van der Waals surface area contributed by atoms with Gasteiger partial charge in [0.2, 0.25) is 0 Å². The van der Waals surface area contributed by atoms with E-state index >= 15 is 0 Å². The van der Waals surface area contributed by atoms with Crippen LogP contribution in [0.4, 0.5) is 0 Å². The van der Waals surface area contributed by atoms with Gasteiger partial charge in [0, 0.05) is 13.1 Å². The van der Waals surface area contributed by atoms with Gasteiger partial charge in [-0.05, 0) is 68.8 Å². The number of nitrogens with zero attached hydrogens (tertiary/aromatic N) is 1. The molecule has 1 saturated heterocycles. The molecule has 0 radical (unpaired) electrons. The number of aliphatic carboxylic acids is 1. The minimum Gasteiger partial charge on any atom is -0.481 e. The van der Waals surface area contributed by atoms with Crippen molar-refractivity contribution >= 4 is 5.97 Å². The van der Waals surface area contributed by atoms with E-state index in [0.29, 0.717) is 13.0 Å². The van der Waals surface area contributed by atoms with Crippen molar-refractivity contribution in [3.63, 3.8) is 0 Å². The first-order chi connectivity index (χ1) is 9.88. The third kappa shape index (κ3) is 3.29. The standard InChI is InChI=1S/C18H27NO2/c1-5-18(17(20)21)7-6-8-19(12-18)11-16-10-14(3)13(2)9-15(16)4/h9-10H,5-8,11-12H2,1-4H3,(H,20,21). The van der Waals surface area contributed by atoms with Crippen LogP contribution in [0.1, 0.15) is 48.4 Å². The molecule has 1 atom stereocenters. The van der Waals surface area contributed by atoms with Crippen molar-refractivity contribution in [3.05, 3.63) is 34.4 Å². The van der Waals surface area contributed by atoms with Crippen molar-refractivity contribution in [2.24, 2.45) is 5.41 Å². The van der Waals surface area contributed by atoms with Gasteiger partial charge in [-0.3, -0.25) is 9.69 Å². The first-order valence-electron chi connectivity index (χ1n) is 7.90. The number of carboxylic acids is 1. The number of benzene rings is 1. The Morgan fingerprint density at radius 3 is 2.52 bits per heavy atom. The molecule has 0 bridgehead atoms. The zero-order valence-corrected chi connectivity index (χ0v) is 13.7. The molecule has 1 aliphatic rings. The quantitative estimate of drug-likeness (QED) is 0.919. The maximum absolute atomic E-state index is 11.6. The molecule has 1 aromatic rings. The zero-order chi connectivity index (χ0) is 15.6. The van der Waals surface area contributed by atoms with Gasteiger partial charge in [0.05, 0.1) is 5.41 Å². The molecule has 1 fully saturated rings. The molecule has 21 heavy (non-hydrogen) atoms. The van der Waals surface area contributed by atoms with Gasteiger partial charge in [-0.2, -0.15) is 0 Å². The van der Waals surface area contributed by atoms with Crippen molar-refractivity contribution in [1.82, 2.24) is 4.90 Å². The summed E-state index contributed by atoms with van der Waals surface area (Å²) in [7, 11) is 0. The van der Waals surface area contributed by atoms with Crippen LogP contribution in [-0.2, 0) is 11.3 Å². The molecule has 116 valence electrons.